The van der Waals surface area contributed by atoms with Crippen LogP contribution in [0.15, 0.2) is 22.8 Å². The first-order valence-electron chi connectivity index (χ1n) is 6.46. The molecule has 6 nitrogen and oxygen atoms in total. The monoisotopic (exact) mass is 387 g/mol. The van der Waals surface area contributed by atoms with E-state index in [1.54, 1.807) is 23.0 Å². The van der Waals surface area contributed by atoms with Crippen LogP contribution in [0.1, 0.15) is 17.4 Å². The summed E-state index contributed by atoms with van der Waals surface area (Å²) in [6, 6.07) is 3.18. The van der Waals surface area contributed by atoms with Crippen LogP contribution in [0.2, 0.25) is 5.02 Å². The number of anilines is 1. The van der Waals surface area contributed by atoms with Crippen molar-refractivity contribution in [3.05, 3.63) is 33.5 Å². The summed E-state index contributed by atoms with van der Waals surface area (Å²) in [6.45, 7) is 2.61. The fraction of sp³-hybridized carbons (Fsp3) is 0.286. The summed E-state index contributed by atoms with van der Waals surface area (Å²) < 4.78 is 12.6. The molecule has 1 N–H and O–H groups in total. The van der Waals surface area contributed by atoms with Crippen LogP contribution in [0.4, 0.5) is 5.69 Å². The number of methoxy groups -OCH3 is 2. The molecule has 0 bridgehead atoms. The average molecular weight is 389 g/mol. The van der Waals surface area contributed by atoms with Gasteiger partial charge in [0.15, 0.2) is 5.69 Å². The Hall–Kier alpha value is -1.73. The number of aromatic nitrogens is 2. The van der Waals surface area contributed by atoms with Gasteiger partial charge in [-0.05, 0) is 28.9 Å². The van der Waals surface area contributed by atoms with Gasteiger partial charge >= 0.3 is 0 Å². The van der Waals surface area contributed by atoms with Crippen LogP contribution >= 0.6 is 27.5 Å². The largest absolute Gasteiger partial charge is 0.495 e. The second kappa shape index (κ2) is 7.02. The molecule has 22 heavy (non-hydrogen) atoms. The Bertz CT molecular complexity index is 703. The highest BCUT2D eigenvalue weighted by Crippen LogP contribution is 2.36. The Morgan fingerprint density at radius 3 is 2.59 bits per heavy atom. The normalized spacial score (nSPS) is 10.4. The van der Waals surface area contributed by atoms with Crippen molar-refractivity contribution in [2.24, 2.45) is 0 Å². The van der Waals surface area contributed by atoms with E-state index in [0.717, 1.165) is 0 Å². The van der Waals surface area contributed by atoms with Gasteiger partial charge in [0.25, 0.3) is 5.91 Å². The number of rotatable bonds is 5. The second-order valence-corrected chi connectivity index (χ2v) is 5.58. The number of aryl methyl sites for hydroxylation is 1. The number of halogens is 2. The molecule has 0 spiro atoms. The van der Waals surface area contributed by atoms with Crippen LogP contribution in [0.25, 0.3) is 0 Å². The summed E-state index contributed by atoms with van der Waals surface area (Å²) in [5, 5.41) is 7.31. The lowest BCUT2D eigenvalue weighted by molar-refractivity contribution is 0.102. The van der Waals surface area contributed by atoms with E-state index in [0.29, 0.717) is 33.2 Å². The number of benzene rings is 1. The summed E-state index contributed by atoms with van der Waals surface area (Å²) >= 11 is 9.41. The Balaban J connectivity index is 2.31. The standard InChI is InChI=1S/C14H15BrClN3O3/c1-4-19-7-8(15)13(18-19)14(20)17-10-5-9(16)11(21-2)6-12(10)22-3/h5-7H,4H2,1-3H3,(H,17,20). The maximum Gasteiger partial charge on any atom is 0.277 e. The Morgan fingerprint density at radius 2 is 2.05 bits per heavy atom. The van der Waals surface area contributed by atoms with Gasteiger partial charge in [-0.3, -0.25) is 9.48 Å². The van der Waals surface area contributed by atoms with Crippen molar-refractivity contribution in [2.75, 3.05) is 19.5 Å². The van der Waals surface area contributed by atoms with E-state index in [4.69, 9.17) is 21.1 Å². The molecule has 2 rings (SSSR count). The zero-order valence-electron chi connectivity index (χ0n) is 12.3. The summed E-state index contributed by atoms with van der Waals surface area (Å²) in [6.07, 6.45) is 1.74. The minimum atomic E-state index is -0.362. The first-order chi connectivity index (χ1) is 10.5. The van der Waals surface area contributed by atoms with Gasteiger partial charge in [0.2, 0.25) is 0 Å². The molecule has 0 atom stereocenters. The predicted octanol–water partition coefficient (Wildman–Crippen LogP) is 3.59. The molecule has 0 aliphatic rings. The molecule has 8 heteroatoms. The summed E-state index contributed by atoms with van der Waals surface area (Å²) in [7, 11) is 3.01. The number of hydrogen-bond donors (Lipinski definition) is 1. The first kappa shape index (κ1) is 16.6. The molecule has 0 radical (unpaired) electrons. The van der Waals surface area contributed by atoms with Crippen LogP contribution < -0.4 is 14.8 Å². The second-order valence-electron chi connectivity index (χ2n) is 4.32. The van der Waals surface area contributed by atoms with E-state index in [1.807, 2.05) is 6.92 Å². The van der Waals surface area contributed by atoms with E-state index in [-0.39, 0.29) is 11.6 Å². The van der Waals surface area contributed by atoms with Gasteiger partial charge in [0.05, 0.1) is 29.4 Å². The average Bonchev–Trinajstić information content (AvgIpc) is 2.88. The van der Waals surface area contributed by atoms with Gasteiger partial charge in [-0.1, -0.05) is 11.6 Å². The fourth-order valence-corrected chi connectivity index (χ4v) is 2.59. The van der Waals surface area contributed by atoms with Crippen molar-refractivity contribution in [1.82, 2.24) is 9.78 Å². The fourth-order valence-electron chi connectivity index (χ4n) is 1.85. The van der Waals surface area contributed by atoms with Crippen LogP contribution in [0, 0.1) is 0 Å². The van der Waals surface area contributed by atoms with Crippen molar-refractivity contribution in [3.63, 3.8) is 0 Å². The van der Waals surface area contributed by atoms with Crippen molar-refractivity contribution >= 4 is 39.1 Å². The van der Waals surface area contributed by atoms with Crippen molar-refractivity contribution in [2.45, 2.75) is 13.5 Å². The Morgan fingerprint density at radius 1 is 1.36 bits per heavy atom. The molecule has 118 valence electrons. The number of ether oxygens (including phenoxy) is 2. The quantitative estimate of drug-likeness (QED) is 0.850. The lowest BCUT2D eigenvalue weighted by Gasteiger charge is -2.12. The molecular formula is C14H15BrClN3O3. The van der Waals surface area contributed by atoms with Gasteiger partial charge in [-0.15, -0.1) is 0 Å². The molecular weight excluding hydrogens is 374 g/mol. The van der Waals surface area contributed by atoms with Crippen molar-refractivity contribution < 1.29 is 14.3 Å². The number of nitrogens with one attached hydrogen (secondary N) is 1. The van der Waals surface area contributed by atoms with E-state index in [1.165, 1.54) is 14.2 Å². The zero-order valence-corrected chi connectivity index (χ0v) is 14.7. The summed E-state index contributed by atoms with van der Waals surface area (Å²) in [5.74, 6) is 0.548. The molecule has 0 fully saturated rings. The molecule has 0 aliphatic carbocycles. The summed E-state index contributed by atoms with van der Waals surface area (Å²) in [4.78, 5) is 12.4. The number of nitrogens with zero attached hydrogens (tertiary/aromatic N) is 2. The number of carbonyl (C=O) groups excluding carboxylic acids is 1. The zero-order chi connectivity index (χ0) is 16.3. The molecule has 0 saturated carbocycles. The SMILES string of the molecule is CCn1cc(Br)c(C(=O)Nc2cc(Cl)c(OC)cc2OC)n1. The Labute approximate surface area is 141 Å². The molecule has 0 aliphatic heterocycles. The third kappa shape index (κ3) is 3.36. The van der Waals surface area contributed by atoms with Crippen LogP contribution in [-0.4, -0.2) is 29.9 Å². The molecule has 1 aromatic heterocycles. The first-order valence-corrected chi connectivity index (χ1v) is 7.63. The topological polar surface area (TPSA) is 65.4 Å². The highest BCUT2D eigenvalue weighted by molar-refractivity contribution is 9.10. The smallest absolute Gasteiger partial charge is 0.277 e. The molecule has 0 saturated heterocycles. The predicted molar refractivity (Wildman–Crippen MR) is 88.1 cm³/mol. The van der Waals surface area contributed by atoms with Gasteiger partial charge in [-0.25, -0.2) is 0 Å². The molecule has 0 unspecified atom stereocenters. The van der Waals surface area contributed by atoms with Crippen LogP contribution in [0.5, 0.6) is 11.5 Å². The van der Waals surface area contributed by atoms with E-state index < -0.39 is 0 Å². The summed E-state index contributed by atoms with van der Waals surface area (Å²) in [5.41, 5.74) is 0.729. The molecule has 1 heterocycles. The maximum absolute atomic E-state index is 12.4. The lowest BCUT2D eigenvalue weighted by atomic mass is 10.2. The van der Waals surface area contributed by atoms with E-state index >= 15 is 0 Å². The minimum absolute atomic E-state index is 0.288. The highest BCUT2D eigenvalue weighted by Gasteiger charge is 2.18. The van der Waals surface area contributed by atoms with Crippen molar-refractivity contribution in [3.8, 4) is 11.5 Å². The van der Waals surface area contributed by atoms with Crippen molar-refractivity contribution in [1.29, 1.82) is 0 Å². The third-order valence-corrected chi connectivity index (χ3v) is 3.85. The van der Waals surface area contributed by atoms with Crippen LogP contribution in [-0.2, 0) is 6.54 Å². The number of carbonyl (C=O) groups is 1. The highest BCUT2D eigenvalue weighted by atomic mass is 79.9. The molecule has 1 aromatic carbocycles. The third-order valence-electron chi connectivity index (χ3n) is 2.98. The number of hydrogen-bond acceptors (Lipinski definition) is 4. The maximum atomic E-state index is 12.4. The molecule has 2 aromatic rings. The van der Waals surface area contributed by atoms with Crippen LogP contribution in [0.3, 0.4) is 0 Å². The number of amides is 1. The Kier molecular flexibility index (Phi) is 5.31. The van der Waals surface area contributed by atoms with Gasteiger partial charge in [0.1, 0.15) is 11.5 Å². The molecule has 1 amide bonds. The minimum Gasteiger partial charge on any atom is -0.495 e. The van der Waals surface area contributed by atoms with Gasteiger partial charge in [-0.2, -0.15) is 5.10 Å². The van der Waals surface area contributed by atoms with Gasteiger partial charge in [0, 0.05) is 18.8 Å². The van der Waals surface area contributed by atoms with Gasteiger partial charge < -0.3 is 14.8 Å². The van der Waals surface area contributed by atoms with E-state index in [9.17, 15) is 4.79 Å². The lowest BCUT2D eigenvalue weighted by Crippen LogP contribution is -2.14. The van der Waals surface area contributed by atoms with E-state index in [2.05, 4.69) is 26.3 Å².